The van der Waals surface area contributed by atoms with Crippen molar-refractivity contribution in [1.82, 2.24) is 10.3 Å². The molecule has 8 heteroatoms. The van der Waals surface area contributed by atoms with Gasteiger partial charge < -0.3 is 5.32 Å². The molecule has 2 rings (SSSR count). The maximum absolute atomic E-state index is 11.0. The van der Waals surface area contributed by atoms with Crippen LogP contribution in [-0.2, 0) is 0 Å². The van der Waals surface area contributed by atoms with Gasteiger partial charge >= 0.3 is 5.69 Å². The number of fused-ring (bicyclic) bond motifs is 1. The number of hydrogen-bond acceptors (Lipinski definition) is 6. The Morgan fingerprint density at radius 3 is 2.71 bits per heavy atom. The van der Waals surface area contributed by atoms with Crippen LogP contribution in [-0.4, -0.2) is 21.3 Å². The molecule has 0 amide bonds. The van der Waals surface area contributed by atoms with Crippen molar-refractivity contribution in [1.29, 1.82) is 0 Å². The number of nitrogens with one attached hydrogen (secondary N) is 1. The number of anilines is 1. The molecule has 0 fully saturated rings. The fourth-order valence-corrected chi connectivity index (χ4v) is 1.73. The lowest BCUT2D eigenvalue weighted by atomic mass is 10.2. The Morgan fingerprint density at radius 1 is 1.47 bits per heavy atom. The fourth-order valence-electron chi connectivity index (χ4n) is 1.50. The Hall–Kier alpha value is -1.89. The molecule has 7 nitrogen and oxygen atoms in total. The van der Waals surface area contributed by atoms with Crippen molar-refractivity contribution in [2.45, 2.75) is 19.9 Å². The van der Waals surface area contributed by atoms with E-state index in [9.17, 15) is 10.1 Å². The second-order valence-electron chi connectivity index (χ2n) is 3.77. The molecule has 17 heavy (non-hydrogen) atoms. The van der Waals surface area contributed by atoms with Crippen LogP contribution in [0.15, 0.2) is 10.7 Å². The summed E-state index contributed by atoms with van der Waals surface area (Å²) in [5, 5.41) is 21.3. The van der Waals surface area contributed by atoms with Gasteiger partial charge in [-0.25, -0.2) is 4.63 Å². The molecule has 0 radical (unpaired) electrons. The van der Waals surface area contributed by atoms with Gasteiger partial charge in [0.2, 0.25) is 5.52 Å². The zero-order chi connectivity index (χ0) is 12.6. The summed E-state index contributed by atoms with van der Waals surface area (Å²) in [6.07, 6.45) is 0. The van der Waals surface area contributed by atoms with Crippen LogP contribution < -0.4 is 5.32 Å². The molecule has 0 spiro atoms. The van der Waals surface area contributed by atoms with E-state index in [1.54, 1.807) is 0 Å². The lowest BCUT2D eigenvalue weighted by molar-refractivity contribution is -0.382. The first kappa shape index (κ1) is 11.6. The Bertz CT molecular complexity index is 581. The Kier molecular flexibility index (Phi) is 2.84. The minimum atomic E-state index is -0.534. The van der Waals surface area contributed by atoms with Gasteiger partial charge in [0.25, 0.3) is 0 Å². The third-order valence-corrected chi connectivity index (χ3v) is 2.38. The first-order valence-electron chi connectivity index (χ1n) is 4.86. The minimum absolute atomic E-state index is 0.0297. The average molecular weight is 257 g/mol. The summed E-state index contributed by atoms with van der Waals surface area (Å²) in [5.74, 6) is 0. The quantitative estimate of drug-likeness (QED) is 0.670. The molecule has 0 saturated carbocycles. The molecular formula is C9H9ClN4O3. The highest BCUT2D eigenvalue weighted by atomic mass is 35.5. The van der Waals surface area contributed by atoms with E-state index < -0.39 is 4.92 Å². The minimum Gasteiger partial charge on any atom is -0.377 e. The number of aromatic nitrogens is 2. The molecular weight excluding hydrogens is 248 g/mol. The zero-order valence-corrected chi connectivity index (χ0v) is 9.85. The smallest absolute Gasteiger partial charge is 0.323 e. The highest BCUT2D eigenvalue weighted by Crippen LogP contribution is 2.36. The van der Waals surface area contributed by atoms with Gasteiger partial charge in [-0.1, -0.05) is 11.6 Å². The Labute approximate surface area is 101 Å². The van der Waals surface area contributed by atoms with E-state index in [1.807, 2.05) is 13.8 Å². The van der Waals surface area contributed by atoms with Crippen molar-refractivity contribution >= 4 is 34.0 Å². The van der Waals surface area contributed by atoms with E-state index in [1.165, 1.54) is 6.07 Å². The van der Waals surface area contributed by atoms with Crippen LogP contribution >= 0.6 is 11.6 Å². The molecule has 1 N–H and O–H groups in total. The zero-order valence-electron chi connectivity index (χ0n) is 9.10. The summed E-state index contributed by atoms with van der Waals surface area (Å²) >= 11 is 5.94. The SMILES string of the molecule is CC(C)Nc1cc(Cl)c2nonc2c1[N+](=O)[O-]. The van der Waals surface area contributed by atoms with E-state index >= 15 is 0 Å². The molecule has 1 aromatic carbocycles. The molecule has 0 bridgehead atoms. The molecule has 2 aromatic rings. The van der Waals surface area contributed by atoms with Crippen molar-refractivity contribution < 1.29 is 9.55 Å². The Balaban J connectivity index is 2.72. The summed E-state index contributed by atoms with van der Waals surface area (Å²) in [6, 6.07) is 1.48. The molecule has 90 valence electrons. The van der Waals surface area contributed by atoms with Crippen LogP contribution in [0.5, 0.6) is 0 Å². The summed E-state index contributed by atoms with van der Waals surface area (Å²) in [4.78, 5) is 10.5. The highest BCUT2D eigenvalue weighted by Gasteiger charge is 2.25. The first-order chi connectivity index (χ1) is 8.00. The van der Waals surface area contributed by atoms with Gasteiger partial charge in [0.15, 0.2) is 5.52 Å². The molecule has 1 aromatic heterocycles. The third kappa shape index (κ3) is 2.01. The van der Waals surface area contributed by atoms with E-state index in [-0.39, 0.29) is 27.8 Å². The topological polar surface area (TPSA) is 94.1 Å². The molecule has 0 atom stereocenters. The van der Waals surface area contributed by atoms with Crippen molar-refractivity contribution in [2.75, 3.05) is 5.32 Å². The van der Waals surface area contributed by atoms with Gasteiger partial charge in [-0.15, -0.1) is 0 Å². The van der Waals surface area contributed by atoms with Crippen molar-refractivity contribution in [2.24, 2.45) is 0 Å². The molecule has 0 aliphatic heterocycles. The first-order valence-corrected chi connectivity index (χ1v) is 5.24. The van der Waals surface area contributed by atoms with E-state index in [2.05, 4.69) is 20.3 Å². The van der Waals surface area contributed by atoms with Crippen molar-refractivity contribution in [3.8, 4) is 0 Å². The lowest BCUT2D eigenvalue weighted by Gasteiger charge is -2.10. The van der Waals surface area contributed by atoms with Crippen LogP contribution in [0, 0.1) is 10.1 Å². The van der Waals surface area contributed by atoms with Gasteiger partial charge in [0.05, 0.1) is 9.95 Å². The number of benzene rings is 1. The molecule has 0 unspecified atom stereocenters. The standard InChI is InChI=1S/C9H9ClN4O3/c1-4(2)11-6-3-5(10)7-8(13-17-12-7)9(6)14(15)16/h3-4,11H,1-2H3. The largest absolute Gasteiger partial charge is 0.377 e. The normalized spacial score (nSPS) is 11.1. The lowest BCUT2D eigenvalue weighted by Crippen LogP contribution is -2.11. The third-order valence-electron chi connectivity index (χ3n) is 2.09. The highest BCUT2D eigenvalue weighted by molar-refractivity contribution is 6.35. The second-order valence-corrected chi connectivity index (χ2v) is 4.18. The molecule has 0 aliphatic rings. The predicted octanol–water partition coefficient (Wildman–Crippen LogP) is 2.60. The van der Waals surface area contributed by atoms with Crippen LogP contribution in [0.4, 0.5) is 11.4 Å². The average Bonchev–Trinajstić information content (AvgIpc) is 2.64. The monoisotopic (exact) mass is 256 g/mol. The maximum atomic E-state index is 11.0. The molecule has 1 heterocycles. The van der Waals surface area contributed by atoms with Gasteiger partial charge in [0.1, 0.15) is 5.69 Å². The van der Waals surface area contributed by atoms with Gasteiger partial charge in [0, 0.05) is 6.04 Å². The summed E-state index contributed by atoms with van der Waals surface area (Å²) in [5.41, 5.74) is 0.357. The van der Waals surface area contributed by atoms with Gasteiger partial charge in [-0.3, -0.25) is 10.1 Å². The Morgan fingerprint density at radius 2 is 2.12 bits per heavy atom. The molecule has 0 aliphatic carbocycles. The van der Waals surface area contributed by atoms with Crippen LogP contribution in [0.25, 0.3) is 11.0 Å². The maximum Gasteiger partial charge on any atom is 0.323 e. The number of nitrogens with zero attached hydrogens (tertiary/aromatic N) is 3. The van der Waals surface area contributed by atoms with Crippen LogP contribution in [0.1, 0.15) is 13.8 Å². The van der Waals surface area contributed by atoms with E-state index in [0.717, 1.165) is 0 Å². The summed E-state index contributed by atoms with van der Waals surface area (Å²) < 4.78 is 4.48. The van der Waals surface area contributed by atoms with Crippen molar-refractivity contribution in [3.05, 3.63) is 21.2 Å². The van der Waals surface area contributed by atoms with Crippen LogP contribution in [0.3, 0.4) is 0 Å². The second kappa shape index (κ2) is 4.17. The number of rotatable bonds is 3. The van der Waals surface area contributed by atoms with Gasteiger partial charge in [-0.2, -0.15) is 0 Å². The number of halogens is 1. The van der Waals surface area contributed by atoms with E-state index in [4.69, 9.17) is 11.6 Å². The number of nitro benzene ring substituents is 1. The predicted molar refractivity (Wildman–Crippen MR) is 62.2 cm³/mol. The van der Waals surface area contributed by atoms with Crippen molar-refractivity contribution in [3.63, 3.8) is 0 Å². The summed E-state index contributed by atoms with van der Waals surface area (Å²) in [7, 11) is 0. The summed E-state index contributed by atoms with van der Waals surface area (Å²) in [6.45, 7) is 3.73. The number of hydrogen-bond donors (Lipinski definition) is 1. The van der Waals surface area contributed by atoms with E-state index in [0.29, 0.717) is 5.69 Å². The fraction of sp³-hybridized carbons (Fsp3) is 0.333. The van der Waals surface area contributed by atoms with Crippen LogP contribution in [0.2, 0.25) is 5.02 Å². The number of nitro groups is 1. The molecule has 0 saturated heterocycles. The van der Waals surface area contributed by atoms with Gasteiger partial charge in [-0.05, 0) is 30.2 Å².